The van der Waals surface area contributed by atoms with Gasteiger partial charge in [0.2, 0.25) is 0 Å². The van der Waals surface area contributed by atoms with Crippen LogP contribution in [0.15, 0.2) is 23.3 Å². The van der Waals surface area contributed by atoms with Gasteiger partial charge in [-0.3, -0.25) is 4.79 Å². The first-order chi connectivity index (χ1) is 9.23. The van der Waals surface area contributed by atoms with Crippen molar-refractivity contribution in [3.8, 4) is 0 Å². The first kappa shape index (κ1) is 18.9. The normalized spacial score (nSPS) is 13.3. The smallest absolute Gasteiger partial charge is 0.251 e. The molecule has 1 atom stereocenters. The molecule has 3 N–H and O–H groups in total. The molecular weight excluding hydrogens is 248 g/mol. The van der Waals surface area contributed by atoms with Crippen LogP contribution >= 0.6 is 0 Å². The van der Waals surface area contributed by atoms with Crippen LogP contribution in [0.2, 0.25) is 0 Å². The van der Waals surface area contributed by atoms with Crippen LogP contribution < -0.4 is 11.1 Å². The molecular formula is C17H32N2O. The third-order valence-corrected chi connectivity index (χ3v) is 3.33. The van der Waals surface area contributed by atoms with E-state index in [4.69, 9.17) is 5.73 Å². The second-order valence-corrected chi connectivity index (χ2v) is 6.49. The fourth-order valence-corrected chi connectivity index (χ4v) is 2.50. The Morgan fingerprint density at radius 3 is 2.40 bits per heavy atom. The molecule has 0 aromatic heterocycles. The van der Waals surface area contributed by atoms with Crippen molar-refractivity contribution in [2.75, 3.05) is 6.54 Å². The molecule has 0 aliphatic rings. The lowest BCUT2D eigenvalue weighted by Gasteiger charge is -2.30. The highest BCUT2D eigenvalue weighted by atomic mass is 16.1. The van der Waals surface area contributed by atoms with Crippen molar-refractivity contribution in [1.29, 1.82) is 0 Å². The monoisotopic (exact) mass is 280 g/mol. The van der Waals surface area contributed by atoms with Gasteiger partial charge in [-0.25, -0.2) is 0 Å². The SMILES string of the molecule is C/C=C\C(C(=O)NC(C)(C)CC(C)CCCN)=C(C)C. The second kappa shape index (κ2) is 8.96. The van der Waals surface area contributed by atoms with Crippen LogP contribution in [0.5, 0.6) is 0 Å². The lowest BCUT2D eigenvalue weighted by atomic mass is 9.88. The Bertz CT molecular complexity index is 363. The Morgan fingerprint density at radius 2 is 1.95 bits per heavy atom. The van der Waals surface area contributed by atoms with Gasteiger partial charge >= 0.3 is 0 Å². The van der Waals surface area contributed by atoms with E-state index in [-0.39, 0.29) is 11.4 Å². The van der Waals surface area contributed by atoms with Gasteiger partial charge in [-0.15, -0.1) is 0 Å². The van der Waals surface area contributed by atoms with E-state index in [1.165, 1.54) is 0 Å². The lowest BCUT2D eigenvalue weighted by molar-refractivity contribution is -0.118. The molecule has 3 nitrogen and oxygen atoms in total. The number of hydrogen-bond donors (Lipinski definition) is 2. The minimum Gasteiger partial charge on any atom is -0.347 e. The van der Waals surface area contributed by atoms with Crippen molar-refractivity contribution in [1.82, 2.24) is 5.32 Å². The number of allylic oxidation sites excluding steroid dienone is 2. The zero-order chi connectivity index (χ0) is 15.8. The predicted molar refractivity (Wildman–Crippen MR) is 87.5 cm³/mol. The van der Waals surface area contributed by atoms with Crippen LogP contribution in [0, 0.1) is 5.92 Å². The third-order valence-electron chi connectivity index (χ3n) is 3.33. The van der Waals surface area contributed by atoms with Crippen LogP contribution in [-0.4, -0.2) is 18.0 Å². The topological polar surface area (TPSA) is 55.1 Å². The fraction of sp³-hybridized carbons (Fsp3) is 0.706. The first-order valence-corrected chi connectivity index (χ1v) is 7.56. The Balaban J connectivity index is 4.66. The molecule has 20 heavy (non-hydrogen) atoms. The molecule has 0 fully saturated rings. The summed E-state index contributed by atoms with van der Waals surface area (Å²) < 4.78 is 0. The molecule has 1 unspecified atom stereocenters. The molecule has 0 saturated carbocycles. The van der Waals surface area contributed by atoms with Gasteiger partial charge in [0.25, 0.3) is 5.91 Å². The second-order valence-electron chi connectivity index (χ2n) is 6.49. The summed E-state index contributed by atoms with van der Waals surface area (Å²) >= 11 is 0. The van der Waals surface area contributed by atoms with Crippen molar-refractivity contribution in [2.45, 2.75) is 66.3 Å². The molecule has 0 aliphatic carbocycles. The number of carbonyl (C=O) groups excluding carboxylic acids is 1. The van der Waals surface area contributed by atoms with E-state index in [1.807, 2.05) is 32.9 Å². The zero-order valence-electron chi connectivity index (χ0n) is 14.0. The summed E-state index contributed by atoms with van der Waals surface area (Å²) in [6.45, 7) is 13.0. The van der Waals surface area contributed by atoms with E-state index in [0.29, 0.717) is 5.92 Å². The van der Waals surface area contributed by atoms with Gasteiger partial charge in [-0.1, -0.05) is 24.6 Å². The number of amides is 1. The molecule has 1 amide bonds. The number of nitrogens with one attached hydrogen (secondary N) is 1. The van der Waals surface area contributed by atoms with E-state index in [1.54, 1.807) is 0 Å². The van der Waals surface area contributed by atoms with Gasteiger partial charge in [0, 0.05) is 11.1 Å². The minimum atomic E-state index is -0.201. The molecule has 3 heteroatoms. The summed E-state index contributed by atoms with van der Waals surface area (Å²) in [5, 5.41) is 3.15. The van der Waals surface area contributed by atoms with Gasteiger partial charge < -0.3 is 11.1 Å². The zero-order valence-corrected chi connectivity index (χ0v) is 14.0. The Kier molecular flexibility index (Phi) is 8.47. The lowest BCUT2D eigenvalue weighted by Crippen LogP contribution is -2.45. The quantitative estimate of drug-likeness (QED) is 0.527. The Hall–Kier alpha value is -1.09. The van der Waals surface area contributed by atoms with E-state index < -0.39 is 0 Å². The molecule has 0 saturated heterocycles. The highest BCUT2D eigenvalue weighted by molar-refractivity contribution is 5.97. The fourth-order valence-electron chi connectivity index (χ4n) is 2.50. The van der Waals surface area contributed by atoms with Crippen LogP contribution in [0.4, 0.5) is 0 Å². The summed E-state index contributed by atoms with van der Waals surface area (Å²) in [7, 11) is 0. The molecule has 0 heterocycles. The minimum absolute atomic E-state index is 0.0131. The summed E-state index contributed by atoms with van der Waals surface area (Å²) in [6, 6.07) is 0. The molecule has 0 rings (SSSR count). The molecule has 0 spiro atoms. The number of nitrogens with two attached hydrogens (primary N) is 1. The average molecular weight is 280 g/mol. The van der Waals surface area contributed by atoms with E-state index in [2.05, 4.69) is 26.1 Å². The Labute approximate surface area is 124 Å². The van der Waals surface area contributed by atoms with E-state index >= 15 is 0 Å². The van der Waals surface area contributed by atoms with E-state index in [9.17, 15) is 4.79 Å². The maximum Gasteiger partial charge on any atom is 0.251 e. The summed E-state index contributed by atoms with van der Waals surface area (Å²) in [5.41, 5.74) is 7.14. The average Bonchev–Trinajstić information content (AvgIpc) is 2.31. The van der Waals surface area contributed by atoms with Crippen LogP contribution in [0.1, 0.15) is 60.8 Å². The van der Waals surface area contributed by atoms with Crippen LogP contribution in [-0.2, 0) is 4.79 Å². The van der Waals surface area contributed by atoms with Gasteiger partial charge in [0.15, 0.2) is 0 Å². The number of hydrogen-bond acceptors (Lipinski definition) is 2. The molecule has 0 aliphatic heterocycles. The van der Waals surface area contributed by atoms with E-state index in [0.717, 1.165) is 37.0 Å². The molecule has 116 valence electrons. The first-order valence-electron chi connectivity index (χ1n) is 7.56. The van der Waals surface area contributed by atoms with Gasteiger partial charge in [0.05, 0.1) is 0 Å². The van der Waals surface area contributed by atoms with Crippen molar-refractivity contribution < 1.29 is 4.79 Å². The number of carbonyl (C=O) groups is 1. The standard InChI is InChI=1S/C17H32N2O/c1-7-9-15(13(2)3)16(20)19-17(5,6)12-14(4)10-8-11-18/h7,9,14H,8,10-12,18H2,1-6H3,(H,19,20)/b9-7-. The van der Waals surface area contributed by atoms with Crippen LogP contribution in [0.3, 0.4) is 0 Å². The molecule has 0 aromatic rings. The largest absolute Gasteiger partial charge is 0.347 e. The van der Waals surface area contributed by atoms with Crippen molar-refractivity contribution >= 4 is 5.91 Å². The highest BCUT2D eigenvalue weighted by Crippen LogP contribution is 2.21. The summed E-state index contributed by atoms with van der Waals surface area (Å²) in [4.78, 5) is 12.3. The molecule has 0 aromatic carbocycles. The highest BCUT2D eigenvalue weighted by Gasteiger charge is 2.24. The Morgan fingerprint density at radius 1 is 1.35 bits per heavy atom. The van der Waals surface area contributed by atoms with Gasteiger partial charge in [-0.2, -0.15) is 0 Å². The number of rotatable bonds is 8. The maximum absolute atomic E-state index is 12.3. The summed E-state index contributed by atoms with van der Waals surface area (Å²) in [5.74, 6) is 0.574. The summed E-state index contributed by atoms with van der Waals surface area (Å²) in [6.07, 6.45) is 6.89. The van der Waals surface area contributed by atoms with Gasteiger partial charge in [-0.05, 0) is 66.3 Å². The van der Waals surface area contributed by atoms with Gasteiger partial charge in [0.1, 0.15) is 0 Å². The molecule has 0 radical (unpaired) electrons. The van der Waals surface area contributed by atoms with Crippen molar-refractivity contribution in [3.05, 3.63) is 23.3 Å². The third kappa shape index (κ3) is 7.49. The molecule has 0 bridgehead atoms. The maximum atomic E-state index is 12.3. The van der Waals surface area contributed by atoms with Crippen molar-refractivity contribution in [2.24, 2.45) is 11.7 Å². The predicted octanol–water partition coefficient (Wildman–Crippen LogP) is 3.56. The van der Waals surface area contributed by atoms with Crippen molar-refractivity contribution in [3.63, 3.8) is 0 Å². The van der Waals surface area contributed by atoms with Crippen LogP contribution in [0.25, 0.3) is 0 Å².